The van der Waals surface area contributed by atoms with Gasteiger partial charge in [-0.25, -0.2) is 0 Å². The van der Waals surface area contributed by atoms with Crippen molar-refractivity contribution in [3.8, 4) is 22.5 Å². The predicted octanol–water partition coefficient (Wildman–Crippen LogP) is 4.29. The van der Waals surface area contributed by atoms with Crippen LogP contribution in [0.15, 0.2) is 47.2 Å². The number of nitrogens with zero attached hydrogens (tertiary/aromatic N) is 2. The van der Waals surface area contributed by atoms with Crippen LogP contribution in [-0.2, 0) is 0 Å². The lowest BCUT2D eigenvalue weighted by atomic mass is 10.0. The van der Waals surface area contributed by atoms with Crippen LogP contribution in [0.4, 0.5) is 5.82 Å². The Balaban J connectivity index is 2.21. The zero-order valence-corrected chi connectivity index (χ0v) is 11.7. The molecule has 2 heterocycles. The lowest BCUT2D eigenvalue weighted by Gasteiger charge is -2.03. The Hall–Kier alpha value is -2.04. The van der Waals surface area contributed by atoms with Gasteiger partial charge in [-0.2, -0.15) is 0 Å². The lowest BCUT2D eigenvalue weighted by molar-refractivity contribution is 0.436. The maximum atomic E-state index is 6.02. The van der Waals surface area contributed by atoms with Gasteiger partial charge in [-0.1, -0.05) is 28.4 Å². The minimum Gasteiger partial charge on any atom is -0.380 e. The predicted molar refractivity (Wildman–Crippen MR) is 79.6 cm³/mol. The summed E-state index contributed by atoms with van der Waals surface area (Å²) in [6, 6.07) is 8.81. The monoisotopic (exact) mass is 305 g/mol. The van der Waals surface area contributed by atoms with Crippen LogP contribution in [0.3, 0.4) is 0 Å². The van der Waals surface area contributed by atoms with Gasteiger partial charge in [-0.3, -0.25) is 4.98 Å². The van der Waals surface area contributed by atoms with E-state index < -0.39 is 0 Å². The van der Waals surface area contributed by atoms with Crippen molar-refractivity contribution < 1.29 is 4.52 Å². The van der Waals surface area contributed by atoms with Crippen LogP contribution < -0.4 is 5.73 Å². The number of rotatable bonds is 2. The van der Waals surface area contributed by atoms with E-state index in [0.717, 1.165) is 11.1 Å². The molecule has 0 aliphatic carbocycles. The van der Waals surface area contributed by atoms with Gasteiger partial charge in [0.2, 0.25) is 0 Å². The minimum atomic E-state index is 0.308. The van der Waals surface area contributed by atoms with Crippen LogP contribution in [0.1, 0.15) is 0 Å². The third kappa shape index (κ3) is 2.35. The number of aromatic nitrogens is 2. The Kier molecular flexibility index (Phi) is 3.34. The van der Waals surface area contributed by atoms with Crippen molar-refractivity contribution in [2.75, 3.05) is 5.73 Å². The van der Waals surface area contributed by atoms with Gasteiger partial charge < -0.3 is 10.3 Å². The van der Waals surface area contributed by atoms with E-state index in [1.54, 1.807) is 30.6 Å². The molecule has 0 unspecified atom stereocenters. The van der Waals surface area contributed by atoms with Crippen molar-refractivity contribution in [1.29, 1.82) is 0 Å². The van der Waals surface area contributed by atoms with Crippen LogP contribution in [0.25, 0.3) is 22.5 Å². The molecule has 3 aromatic rings. The highest BCUT2D eigenvalue weighted by molar-refractivity contribution is 6.35. The number of anilines is 1. The number of nitrogen functional groups attached to an aromatic ring is 1. The van der Waals surface area contributed by atoms with Crippen LogP contribution in [0, 0.1) is 0 Å². The molecule has 0 aliphatic heterocycles. The van der Waals surface area contributed by atoms with Crippen LogP contribution >= 0.6 is 23.2 Å². The highest BCUT2D eigenvalue weighted by Gasteiger charge is 2.18. The van der Waals surface area contributed by atoms with Crippen molar-refractivity contribution in [2.45, 2.75) is 0 Å². The van der Waals surface area contributed by atoms with Crippen LogP contribution in [-0.4, -0.2) is 10.1 Å². The second-order valence-corrected chi connectivity index (χ2v) is 5.04. The lowest BCUT2D eigenvalue weighted by Crippen LogP contribution is -1.89. The maximum Gasteiger partial charge on any atom is 0.177 e. The largest absolute Gasteiger partial charge is 0.380 e. The third-order valence-corrected chi connectivity index (χ3v) is 3.25. The van der Waals surface area contributed by atoms with Gasteiger partial charge in [0.25, 0.3) is 0 Å². The molecule has 20 heavy (non-hydrogen) atoms. The normalized spacial score (nSPS) is 10.7. The summed E-state index contributed by atoms with van der Waals surface area (Å²) in [6.45, 7) is 0. The standard InChI is InChI=1S/C14H9Cl2N3O/c15-10-5-9(6-11(16)7-10)13-12(14(17)19-20-13)8-1-3-18-4-2-8/h1-7H,(H2,17,19). The molecule has 6 heteroatoms. The number of hydrogen-bond acceptors (Lipinski definition) is 4. The summed E-state index contributed by atoms with van der Waals surface area (Å²) in [6.07, 6.45) is 3.35. The van der Waals surface area contributed by atoms with Crippen LogP contribution in [0.5, 0.6) is 0 Å². The van der Waals surface area contributed by atoms with E-state index in [4.69, 9.17) is 33.5 Å². The molecule has 0 saturated heterocycles. The zero-order chi connectivity index (χ0) is 14.1. The number of nitrogens with two attached hydrogens (primary N) is 1. The molecule has 4 nitrogen and oxygen atoms in total. The van der Waals surface area contributed by atoms with E-state index in [9.17, 15) is 0 Å². The SMILES string of the molecule is Nc1noc(-c2cc(Cl)cc(Cl)c2)c1-c1ccncc1. The van der Waals surface area contributed by atoms with Crippen molar-refractivity contribution in [2.24, 2.45) is 0 Å². The maximum absolute atomic E-state index is 6.02. The fourth-order valence-electron chi connectivity index (χ4n) is 1.98. The molecule has 2 N–H and O–H groups in total. The van der Waals surface area contributed by atoms with E-state index in [1.807, 2.05) is 12.1 Å². The topological polar surface area (TPSA) is 64.9 Å². The second-order valence-electron chi connectivity index (χ2n) is 4.17. The van der Waals surface area contributed by atoms with E-state index in [1.165, 1.54) is 0 Å². The minimum absolute atomic E-state index is 0.308. The smallest absolute Gasteiger partial charge is 0.177 e. The first-order valence-electron chi connectivity index (χ1n) is 5.77. The van der Waals surface area contributed by atoms with Crippen molar-refractivity contribution in [3.63, 3.8) is 0 Å². The number of benzene rings is 1. The molecule has 0 fully saturated rings. The molecule has 0 amide bonds. The van der Waals surface area contributed by atoms with Gasteiger partial charge in [0.1, 0.15) is 0 Å². The summed E-state index contributed by atoms with van der Waals surface area (Å²) in [5.41, 5.74) is 8.18. The number of pyridine rings is 1. The molecule has 2 aromatic heterocycles. The highest BCUT2D eigenvalue weighted by atomic mass is 35.5. The van der Waals surface area contributed by atoms with Gasteiger partial charge in [-0.15, -0.1) is 0 Å². The number of hydrogen-bond donors (Lipinski definition) is 1. The summed E-state index contributed by atoms with van der Waals surface area (Å²) >= 11 is 12.0. The summed E-state index contributed by atoms with van der Waals surface area (Å²) in [5, 5.41) is 4.86. The molecule has 0 aliphatic rings. The second kappa shape index (κ2) is 5.15. The van der Waals surface area contributed by atoms with Gasteiger partial charge in [0, 0.05) is 28.0 Å². The van der Waals surface area contributed by atoms with E-state index in [2.05, 4.69) is 10.1 Å². The molecule has 0 bridgehead atoms. The Morgan fingerprint density at radius 2 is 1.60 bits per heavy atom. The van der Waals surface area contributed by atoms with E-state index in [-0.39, 0.29) is 0 Å². The quantitative estimate of drug-likeness (QED) is 0.767. The summed E-state index contributed by atoms with van der Waals surface area (Å²) in [4.78, 5) is 3.98. The van der Waals surface area contributed by atoms with Gasteiger partial charge >= 0.3 is 0 Å². The Bertz CT molecular complexity index is 736. The Morgan fingerprint density at radius 1 is 0.950 bits per heavy atom. The number of halogens is 2. The van der Waals surface area contributed by atoms with E-state index in [0.29, 0.717) is 27.2 Å². The Morgan fingerprint density at radius 3 is 2.25 bits per heavy atom. The third-order valence-electron chi connectivity index (χ3n) is 2.81. The average Bonchev–Trinajstić information content (AvgIpc) is 2.80. The molecule has 100 valence electrons. The summed E-state index contributed by atoms with van der Waals surface area (Å²) in [7, 11) is 0. The van der Waals surface area contributed by atoms with Crippen molar-refractivity contribution in [1.82, 2.24) is 10.1 Å². The molecule has 0 atom stereocenters. The first kappa shape index (κ1) is 13.0. The molecule has 1 aromatic carbocycles. The van der Waals surface area contributed by atoms with Crippen molar-refractivity contribution >= 4 is 29.0 Å². The first-order valence-corrected chi connectivity index (χ1v) is 6.53. The van der Waals surface area contributed by atoms with Crippen molar-refractivity contribution in [3.05, 3.63) is 52.8 Å². The molecular formula is C14H9Cl2N3O. The average molecular weight is 306 g/mol. The van der Waals surface area contributed by atoms with Crippen LogP contribution in [0.2, 0.25) is 10.0 Å². The fourth-order valence-corrected chi connectivity index (χ4v) is 2.51. The molecule has 0 spiro atoms. The van der Waals surface area contributed by atoms with Gasteiger partial charge in [-0.05, 0) is 35.9 Å². The first-order chi connectivity index (χ1) is 9.65. The zero-order valence-electron chi connectivity index (χ0n) is 10.2. The molecule has 0 radical (unpaired) electrons. The summed E-state index contributed by atoms with van der Waals surface area (Å²) < 4.78 is 5.33. The summed E-state index contributed by atoms with van der Waals surface area (Å²) in [5.74, 6) is 0.834. The molecule has 3 rings (SSSR count). The van der Waals surface area contributed by atoms with Gasteiger partial charge in [0.15, 0.2) is 11.6 Å². The van der Waals surface area contributed by atoms with Gasteiger partial charge in [0.05, 0.1) is 5.56 Å². The molecule has 0 saturated carbocycles. The Labute approximate surface area is 125 Å². The fraction of sp³-hybridized carbons (Fsp3) is 0. The van der Waals surface area contributed by atoms with E-state index >= 15 is 0 Å². The highest BCUT2D eigenvalue weighted by Crippen LogP contribution is 2.38. The molecular weight excluding hydrogens is 297 g/mol.